The van der Waals surface area contributed by atoms with E-state index in [-0.39, 0.29) is 29.6 Å². The van der Waals surface area contributed by atoms with Gasteiger partial charge in [-0.3, -0.25) is 14.9 Å². The van der Waals surface area contributed by atoms with Crippen LogP contribution >= 0.6 is 0 Å². The van der Waals surface area contributed by atoms with Crippen LogP contribution in [0.1, 0.15) is 26.2 Å². The molecule has 0 saturated carbocycles. The normalized spacial score (nSPS) is 16.1. The lowest BCUT2D eigenvalue weighted by Gasteiger charge is -2.34. The SMILES string of the molecule is CCCCC(=O)N1CCN(S(=O)(=O)c2cccc([N+](=O)[O-])c2)CC1. The van der Waals surface area contributed by atoms with Crippen molar-refractivity contribution in [3.8, 4) is 0 Å². The molecule has 8 nitrogen and oxygen atoms in total. The number of nitrogens with zero attached hydrogens (tertiary/aromatic N) is 3. The van der Waals surface area contributed by atoms with Gasteiger partial charge < -0.3 is 4.90 Å². The lowest BCUT2D eigenvalue weighted by atomic mass is 10.2. The summed E-state index contributed by atoms with van der Waals surface area (Å²) < 4.78 is 26.5. The van der Waals surface area contributed by atoms with E-state index in [2.05, 4.69) is 0 Å². The molecule has 1 aromatic carbocycles. The van der Waals surface area contributed by atoms with Crippen molar-refractivity contribution in [1.29, 1.82) is 0 Å². The zero-order valence-corrected chi connectivity index (χ0v) is 14.4. The Morgan fingerprint density at radius 3 is 2.50 bits per heavy atom. The number of unbranched alkanes of at least 4 members (excludes halogenated alkanes) is 1. The first-order chi connectivity index (χ1) is 11.4. The quantitative estimate of drug-likeness (QED) is 0.570. The van der Waals surface area contributed by atoms with Gasteiger partial charge in [-0.2, -0.15) is 4.31 Å². The second-order valence-corrected chi connectivity index (χ2v) is 7.58. The standard InChI is InChI=1S/C15H21N3O5S/c1-2-3-7-15(19)16-8-10-17(11-9-16)24(22,23)14-6-4-5-13(12-14)18(20)21/h4-6,12H,2-3,7-11H2,1H3. The minimum atomic E-state index is -3.79. The molecule has 1 aliphatic heterocycles. The topological polar surface area (TPSA) is 101 Å². The maximum Gasteiger partial charge on any atom is 0.270 e. The van der Waals surface area contributed by atoms with Crippen LogP contribution in [0.5, 0.6) is 0 Å². The largest absolute Gasteiger partial charge is 0.340 e. The van der Waals surface area contributed by atoms with Crippen molar-refractivity contribution in [3.63, 3.8) is 0 Å². The minimum absolute atomic E-state index is 0.0456. The maximum absolute atomic E-state index is 12.6. The number of nitro groups is 1. The van der Waals surface area contributed by atoms with Crippen LogP contribution in [0, 0.1) is 10.1 Å². The van der Waals surface area contributed by atoms with Crippen LogP contribution in [-0.4, -0.2) is 54.6 Å². The van der Waals surface area contributed by atoms with Crippen molar-refractivity contribution < 1.29 is 18.1 Å². The summed E-state index contributed by atoms with van der Waals surface area (Å²) in [5.74, 6) is 0.0456. The molecule has 0 spiro atoms. The first kappa shape index (κ1) is 18.3. The smallest absolute Gasteiger partial charge is 0.270 e. The third-order valence-corrected chi connectivity index (χ3v) is 5.90. The Bertz CT molecular complexity index is 712. The van der Waals surface area contributed by atoms with Gasteiger partial charge in [0.25, 0.3) is 5.69 Å². The molecule has 24 heavy (non-hydrogen) atoms. The van der Waals surface area contributed by atoms with E-state index in [0.717, 1.165) is 18.9 Å². The molecule has 9 heteroatoms. The number of nitro benzene ring substituents is 1. The van der Waals surface area contributed by atoms with Gasteiger partial charge in [-0.25, -0.2) is 8.42 Å². The predicted octanol–water partition coefficient (Wildman–Crippen LogP) is 1.62. The van der Waals surface area contributed by atoms with Crippen LogP contribution in [0.3, 0.4) is 0 Å². The van der Waals surface area contributed by atoms with Crippen LogP contribution in [-0.2, 0) is 14.8 Å². The average Bonchev–Trinajstić information content (AvgIpc) is 2.59. The van der Waals surface area contributed by atoms with Crippen LogP contribution in [0.2, 0.25) is 0 Å². The van der Waals surface area contributed by atoms with Crippen molar-refractivity contribution in [2.24, 2.45) is 0 Å². The molecular weight excluding hydrogens is 334 g/mol. The molecule has 0 radical (unpaired) electrons. The maximum atomic E-state index is 12.6. The summed E-state index contributed by atoms with van der Waals surface area (Å²) in [5, 5.41) is 10.8. The number of benzene rings is 1. The van der Waals surface area contributed by atoms with Gasteiger partial charge >= 0.3 is 0 Å². The minimum Gasteiger partial charge on any atom is -0.340 e. The fourth-order valence-electron chi connectivity index (χ4n) is 2.57. The lowest BCUT2D eigenvalue weighted by molar-refractivity contribution is -0.385. The highest BCUT2D eigenvalue weighted by molar-refractivity contribution is 7.89. The second-order valence-electron chi connectivity index (χ2n) is 5.64. The fourth-order valence-corrected chi connectivity index (χ4v) is 4.03. The Balaban J connectivity index is 2.06. The second kappa shape index (κ2) is 7.71. The number of sulfonamides is 1. The van der Waals surface area contributed by atoms with Gasteiger partial charge in [0.05, 0.1) is 9.82 Å². The highest BCUT2D eigenvalue weighted by Crippen LogP contribution is 2.22. The number of hydrogen-bond acceptors (Lipinski definition) is 5. The number of hydrogen-bond donors (Lipinski definition) is 0. The van der Waals surface area contributed by atoms with Gasteiger partial charge in [0, 0.05) is 44.7 Å². The lowest BCUT2D eigenvalue weighted by Crippen LogP contribution is -2.50. The van der Waals surface area contributed by atoms with E-state index in [0.29, 0.717) is 19.5 Å². The molecule has 0 N–H and O–H groups in total. The van der Waals surface area contributed by atoms with E-state index in [1.807, 2.05) is 6.92 Å². The number of piperazine rings is 1. The average molecular weight is 355 g/mol. The van der Waals surface area contributed by atoms with Crippen molar-refractivity contribution in [3.05, 3.63) is 34.4 Å². The van der Waals surface area contributed by atoms with Crippen molar-refractivity contribution >= 4 is 21.6 Å². The van der Waals surface area contributed by atoms with E-state index < -0.39 is 14.9 Å². The van der Waals surface area contributed by atoms with Crippen molar-refractivity contribution in [2.45, 2.75) is 31.1 Å². The van der Waals surface area contributed by atoms with E-state index in [4.69, 9.17) is 0 Å². The van der Waals surface area contributed by atoms with Crippen molar-refractivity contribution in [2.75, 3.05) is 26.2 Å². The van der Waals surface area contributed by atoms with E-state index >= 15 is 0 Å². The summed E-state index contributed by atoms with van der Waals surface area (Å²) in [7, 11) is -3.79. The highest BCUT2D eigenvalue weighted by Gasteiger charge is 2.30. The van der Waals surface area contributed by atoms with Gasteiger partial charge in [-0.05, 0) is 12.5 Å². The number of amides is 1. The Labute approximate surface area is 141 Å². The molecule has 0 atom stereocenters. The van der Waals surface area contributed by atoms with E-state index in [9.17, 15) is 23.3 Å². The Morgan fingerprint density at radius 2 is 1.92 bits per heavy atom. The number of non-ortho nitro benzene ring substituents is 1. The summed E-state index contributed by atoms with van der Waals surface area (Å²) >= 11 is 0. The molecular formula is C15H21N3O5S. The summed E-state index contributed by atoms with van der Waals surface area (Å²) in [4.78, 5) is 23.8. The zero-order valence-electron chi connectivity index (χ0n) is 13.6. The number of carbonyl (C=O) groups excluding carboxylic acids is 1. The van der Waals surface area contributed by atoms with Gasteiger partial charge in [-0.15, -0.1) is 0 Å². The van der Waals surface area contributed by atoms with E-state index in [1.165, 1.54) is 22.5 Å². The van der Waals surface area contributed by atoms with Crippen LogP contribution in [0.25, 0.3) is 0 Å². The number of rotatable bonds is 6. The Kier molecular flexibility index (Phi) is 5.89. The monoisotopic (exact) mass is 355 g/mol. The number of carbonyl (C=O) groups is 1. The first-order valence-corrected chi connectivity index (χ1v) is 9.32. The summed E-state index contributed by atoms with van der Waals surface area (Å²) in [6.07, 6.45) is 2.24. The molecule has 0 aromatic heterocycles. The summed E-state index contributed by atoms with van der Waals surface area (Å²) in [6.45, 7) is 3.09. The molecule has 2 rings (SSSR count). The van der Waals surface area contributed by atoms with Gasteiger partial charge in [-0.1, -0.05) is 19.4 Å². The molecule has 1 fully saturated rings. The van der Waals surface area contributed by atoms with Gasteiger partial charge in [0.15, 0.2) is 0 Å². The Morgan fingerprint density at radius 1 is 1.25 bits per heavy atom. The molecule has 1 aliphatic rings. The zero-order chi connectivity index (χ0) is 17.7. The third-order valence-electron chi connectivity index (χ3n) is 4.00. The molecule has 1 saturated heterocycles. The third kappa shape index (κ3) is 4.09. The summed E-state index contributed by atoms with van der Waals surface area (Å²) in [6, 6.07) is 5.02. The molecule has 0 bridgehead atoms. The predicted molar refractivity (Wildman–Crippen MR) is 88.0 cm³/mol. The van der Waals surface area contributed by atoms with Crippen LogP contribution in [0.15, 0.2) is 29.2 Å². The van der Waals surface area contributed by atoms with Crippen molar-refractivity contribution in [1.82, 2.24) is 9.21 Å². The molecule has 0 unspecified atom stereocenters. The molecule has 132 valence electrons. The van der Waals surface area contributed by atoms with Crippen LogP contribution in [0.4, 0.5) is 5.69 Å². The van der Waals surface area contributed by atoms with E-state index in [1.54, 1.807) is 4.90 Å². The molecule has 1 heterocycles. The van der Waals surface area contributed by atoms with Crippen LogP contribution < -0.4 is 0 Å². The van der Waals surface area contributed by atoms with Gasteiger partial charge in [0.2, 0.25) is 15.9 Å². The fraction of sp³-hybridized carbons (Fsp3) is 0.533. The Hall–Kier alpha value is -2.00. The molecule has 0 aliphatic carbocycles. The summed E-state index contributed by atoms with van der Waals surface area (Å²) in [5.41, 5.74) is -0.260. The van der Waals surface area contributed by atoms with Gasteiger partial charge in [0.1, 0.15) is 0 Å². The first-order valence-electron chi connectivity index (χ1n) is 7.88. The molecule has 1 aromatic rings. The molecule has 1 amide bonds. The highest BCUT2D eigenvalue weighted by atomic mass is 32.2.